The molecule has 0 aliphatic carbocycles. The molecule has 4 aromatic rings. The number of aryl methyl sites for hydroxylation is 1. The lowest BCUT2D eigenvalue weighted by Crippen LogP contribution is -2.12. The Bertz CT molecular complexity index is 1230. The van der Waals surface area contributed by atoms with Crippen molar-refractivity contribution in [3.63, 3.8) is 0 Å². The van der Waals surface area contributed by atoms with Crippen LogP contribution in [0, 0.1) is 6.92 Å². The van der Waals surface area contributed by atoms with Crippen molar-refractivity contribution >= 4 is 39.7 Å². The Kier molecular flexibility index (Phi) is 5.77. The van der Waals surface area contributed by atoms with Crippen LogP contribution in [0.2, 0.25) is 0 Å². The van der Waals surface area contributed by atoms with Gasteiger partial charge >= 0.3 is 5.97 Å². The molecule has 31 heavy (non-hydrogen) atoms. The molecule has 3 N–H and O–H groups in total. The minimum atomic E-state index is -0.542. The number of nitrogens with two attached hydrogens (primary N) is 1. The van der Waals surface area contributed by atoms with Gasteiger partial charge in [-0.2, -0.15) is 0 Å². The van der Waals surface area contributed by atoms with E-state index in [-0.39, 0.29) is 27.8 Å². The predicted octanol–water partition coefficient (Wildman–Crippen LogP) is 5.23. The minimum absolute atomic E-state index is 0.119. The molecule has 1 aromatic heterocycles. The first kappa shape index (κ1) is 20.3. The molecule has 0 amide bonds. The molecule has 154 valence electrons. The summed E-state index contributed by atoms with van der Waals surface area (Å²) in [5.41, 5.74) is 8.65. The van der Waals surface area contributed by atoms with E-state index in [0.717, 1.165) is 22.6 Å². The number of carbonyl (C=O) groups is 2. The third-order valence-corrected chi connectivity index (χ3v) is 5.49. The van der Waals surface area contributed by atoms with Gasteiger partial charge < -0.3 is 15.8 Å². The number of nitrogen functional groups attached to an aromatic ring is 1. The number of carbonyl (C=O) groups excluding carboxylic acids is 2. The fourth-order valence-electron chi connectivity index (χ4n) is 2.91. The molecule has 0 spiro atoms. The van der Waals surface area contributed by atoms with Gasteiger partial charge in [-0.3, -0.25) is 4.79 Å². The highest BCUT2D eigenvalue weighted by molar-refractivity contribution is 7.18. The van der Waals surface area contributed by atoms with E-state index in [9.17, 15) is 9.59 Å². The zero-order chi connectivity index (χ0) is 21.8. The minimum Gasteiger partial charge on any atom is -0.422 e. The summed E-state index contributed by atoms with van der Waals surface area (Å²) in [7, 11) is 0. The van der Waals surface area contributed by atoms with Crippen LogP contribution in [0.3, 0.4) is 0 Å². The van der Waals surface area contributed by atoms with Crippen molar-refractivity contribution < 1.29 is 14.3 Å². The maximum absolute atomic E-state index is 13.2. The molecule has 4 rings (SSSR count). The van der Waals surface area contributed by atoms with E-state index in [4.69, 9.17) is 10.5 Å². The number of hydrogen-bond donors (Lipinski definition) is 2. The number of anilines is 3. The van der Waals surface area contributed by atoms with Crippen molar-refractivity contribution in [1.82, 2.24) is 4.98 Å². The number of ketones is 1. The number of aromatic nitrogens is 1. The van der Waals surface area contributed by atoms with Gasteiger partial charge in [0.15, 0.2) is 5.13 Å². The van der Waals surface area contributed by atoms with Gasteiger partial charge in [-0.15, -0.1) is 0 Å². The number of benzene rings is 3. The van der Waals surface area contributed by atoms with Crippen molar-refractivity contribution in [2.45, 2.75) is 6.92 Å². The van der Waals surface area contributed by atoms with Crippen LogP contribution in [0.15, 0.2) is 78.9 Å². The summed E-state index contributed by atoms with van der Waals surface area (Å²) >= 11 is 1.15. The van der Waals surface area contributed by atoms with E-state index in [0.29, 0.717) is 10.7 Å². The Balaban J connectivity index is 1.58. The van der Waals surface area contributed by atoms with E-state index >= 15 is 0 Å². The highest BCUT2D eigenvalue weighted by Crippen LogP contribution is 2.32. The number of ether oxygens (including phenoxy) is 1. The van der Waals surface area contributed by atoms with E-state index in [1.165, 1.54) is 0 Å². The van der Waals surface area contributed by atoms with Crippen molar-refractivity contribution in [3.8, 4) is 5.75 Å². The van der Waals surface area contributed by atoms with Gasteiger partial charge in [0, 0.05) is 5.69 Å². The summed E-state index contributed by atoms with van der Waals surface area (Å²) in [6, 6.07) is 23.0. The summed E-state index contributed by atoms with van der Waals surface area (Å²) in [4.78, 5) is 30.2. The van der Waals surface area contributed by atoms with Gasteiger partial charge in [-0.1, -0.05) is 59.4 Å². The van der Waals surface area contributed by atoms with Crippen molar-refractivity contribution in [2.75, 3.05) is 11.1 Å². The third-order valence-electron chi connectivity index (χ3n) is 4.51. The van der Waals surface area contributed by atoms with Crippen molar-refractivity contribution in [2.24, 2.45) is 0 Å². The quantitative estimate of drug-likeness (QED) is 0.248. The zero-order valence-electron chi connectivity index (χ0n) is 16.7. The average Bonchev–Trinajstić information content (AvgIpc) is 3.15. The molecule has 0 bridgehead atoms. The number of rotatable bonds is 6. The summed E-state index contributed by atoms with van der Waals surface area (Å²) in [5, 5.41) is 3.66. The van der Waals surface area contributed by atoms with Crippen LogP contribution in [0.1, 0.15) is 31.2 Å². The maximum atomic E-state index is 13.2. The maximum Gasteiger partial charge on any atom is 0.343 e. The zero-order valence-corrected chi connectivity index (χ0v) is 17.5. The highest BCUT2D eigenvalue weighted by Gasteiger charge is 2.22. The van der Waals surface area contributed by atoms with Gasteiger partial charge in [0.25, 0.3) is 0 Å². The smallest absolute Gasteiger partial charge is 0.343 e. The van der Waals surface area contributed by atoms with Gasteiger partial charge in [0.1, 0.15) is 16.4 Å². The predicted molar refractivity (Wildman–Crippen MR) is 122 cm³/mol. The standard InChI is InChI=1S/C24H19N3O3S/c1-15-11-13-17(14-12-15)26-24-27-22(25)21(31-24)20(28)18-9-5-6-10-19(18)30-23(29)16-7-3-2-4-8-16/h2-14H,25H2,1H3,(H,26,27). The van der Waals surface area contributed by atoms with Crippen LogP contribution in [0.4, 0.5) is 16.6 Å². The lowest BCUT2D eigenvalue weighted by molar-refractivity contribution is 0.0733. The fraction of sp³-hybridized carbons (Fsp3) is 0.0417. The second kappa shape index (κ2) is 8.81. The lowest BCUT2D eigenvalue weighted by Gasteiger charge is -2.09. The number of nitrogens with zero attached hydrogens (tertiary/aromatic N) is 1. The van der Waals surface area contributed by atoms with Crippen molar-refractivity contribution in [3.05, 3.63) is 100 Å². The van der Waals surface area contributed by atoms with E-state index in [2.05, 4.69) is 10.3 Å². The largest absolute Gasteiger partial charge is 0.422 e. The molecule has 0 radical (unpaired) electrons. The Morgan fingerprint density at radius 1 is 0.935 bits per heavy atom. The van der Waals surface area contributed by atoms with Crippen LogP contribution in [0.25, 0.3) is 0 Å². The summed E-state index contributed by atoms with van der Waals surface area (Å²) < 4.78 is 5.50. The Labute approximate surface area is 183 Å². The summed E-state index contributed by atoms with van der Waals surface area (Å²) in [5.74, 6) is -0.612. The van der Waals surface area contributed by atoms with Crippen molar-refractivity contribution in [1.29, 1.82) is 0 Å². The Morgan fingerprint density at radius 3 is 2.35 bits per heavy atom. The van der Waals surface area contributed by atoms with Gasteiger partial charge in [0.2, 0.25) is 5.78 Å². The normalized spacial score (nSPS) is 10.5. The molecule has 0 saturated carbocycles. The molecule has 1 heterocycles. The number of thiazole rings is 1. The van der Waals surface area contributed by atoms with Crippen LogP contribution in [0.5, 0.6) is 5.75 Å². The van der Waals surface area contributed by atoms with Gasteiger partial charge in [0.05, 0.1) is 11.1 Å². The molecule has 0 saturated heterocycles. The number of esters is 1. The van der Waals surface area contributed by atoms with Gasteiger partial charge in [-0.25, -0.2) is 9.78 Å². The molecule has 0 fully saturated rings. The molecule has 0 unspecified atom stereocenters. The molecule has 6 nitrogen and oxygen atoms in total. The van der Waals surface area contributed by atoms with Gasteiger partial charge in [-0.05, 0) is 43.3 Å². The first-order chi connectivity index (χ1) is 15.0. The second-order valence-corrected chi connectivity index (χ2v) is 7.80. The molecule has 7 heteroatoms. The third kappa shape index (κ3) is 4.62. The average molecular weight is 430 g/mol. The molecule has 0 atom stereocenters. The summed E-state index contributed by atoms with van der Waals surface area (Å²) in [6.45, 7) is 2.00. The van der Waals surface area contributed by atoms with Crippen LogP contribution >= 0.6 is 11.3 Å². The number of hydrogen-bond acceptors (Lipinski definition) is 7. The lowest BCUT2D eigenvalue weighted by atomic mass is 10.1. The van der Waals surface area contributed by atoms with Crippen LogP contribution < -0.4 is 15.8 Å². The van der Waals surface area contributed by atoms with E-state index < -0.39 is 5.97 Å². The first-order valence-corrected chi connectivity index (χ1v) is 10.3. The fourth-order valence-corrected chi connectivity index (χ4v) is 3.77. The second-order valence-electron chi connectivity index (χ2n) is 6.81. The summed E-state index contributed by atoms with van der Waals surface area (Å²) in [6.07, 6.45) is 0. The monoisotopic (exact) mass is 429 g/mol. The molecule has 3 aromatic carbocycles. The SMILES string of the molecule is Cc1ccc(Nc2nc(N)c(C(=O)c3ccccc3OC(=O)c3ccccc3)s2)cc1. The highest BCUT2D eigenvalue weighted by atomic mass is 32.1. The molecular formula is C24H19N3O3S. The molecule has 0 aliphatic rings. The van der Waals surface area contributed by atoms with Crippen LogP contribution in [-0.2, 0) is 0 Å². The molecule has 0 aliphatic heterocycles. The van der Waals surface area contributed by atoms with E-state index in [1.54, 1.807) is 48.5 Å². The Morgan fingerprint density at radius 2 is 1.61 bits per heavy atom. The van der Waals surface area contributed by atoms with Crippen LogP contribution in [-0.4, -0.2) is 16.7 Å². The topological polar surface area (TPSA) is 94.3 Å². The number of nitrogens with one attached hydrogen (secondary N) is 1. The molecular weight excluding hydrogens is 410 g/mol. The Hall–Kier alpha value is -3.97. The first-order valence-electron chi connectivity index (χ1n) is 9.52. The van der Waals surface area contributed by atoms with E-state index in [1.807, 2.05) is 37.3 Å². The number of para-hydroxylation sites is 1.